The lowest BCUT2D eigenvalue weighted by molar-refractivity contribution is 0.0946. The SMILES string of the molecule is Cn1c(=O)c2c(nc(Oc3cccc(C=NNC(=O)c4nonc4N)c3)n2C)n(C)c1=O. The third kappa shape index (κ3) is 3.49. The maximum Gasteiger partial charge on any atom is 0.332 e. The van der Waals surface area contributed by atoms with Crippen LogP contribution in [0.3, 0.4) is 0 Å². The van der Waals surface area contributed by atoms with Gasteiger partial charge in [0.1, 0.15) is 5.75 Å². The second-order valence-corrected chi connectivity index (χ2v) is 6.70. The smallest absolute Gasteiger partial charge is 0.332 e. The Kier molecular flexibility index (Phi) is 5.02. The Balaban J connectivity index is 1.57. The molecule has 3 aromatic heterocycles. The number of anilines is 1. The van der Waals surface area contributed by atoms with E-state index in [1.807, 2.05) is 0 Å². The summed E-state index contributed by atoms with van der Waals surface area (Å²) in [6, 6.07) is 6.86. The van der Waals surface area contributed by atoms with E-state index in [0.717, 1.165) is 4.57 Å². The molecular formula is C18H17N9O5. The molecule has 0 saturated carbocycles. The van der Waals surface area contributed by atoms with Crippen LogP contribution >= 0.6 is 0 Å². The van der Waals surface area contributed by atoms with E-state index >= 15 is 0 Å². The summed E-state index contributed by atoms with van der Waals surface area (Å²) < 4.78 is 13.9. The van der Waals surface area contributed by atoms with Crippen LogP contribution in [0.4, 0.5) is 5.82 Å². The van der Waals surface area contributed by atoms with Crippen molar-refractivity contribution in [1.29, 1.82) is 0 Å². The Hall–Kier alpha value is -4.75. The highest BCUT2D eigenvalue weighted by Gasteiger charge is 2.18. The zero-order valence-corrected chi connectivity index (χ0v) is 17.1. The topological polar surface area (TPSA) is 177 Å². The van der Waals surface area contributed by atoms with Gasteiger partial charge in [-0.2, -0.15) is 10.1 Å². The standard InChI is InChI=1S/C18H17N9O5/c1-25-12-14(26(2)18(30)27(3)16(12)29)21-17(25)31-10-6-4-5-9(7-10)8-20-22-15(28)11-13(19)24-32-23-11/h4-8H,1-3H3,(H2,19,24)(H,22,28). The lowest BCUT2D eigenvalue weighted by Crippen LogP contribution is -2.37. The van der Waals surface area contributed by atoms with E-state index in [1.54, 1.807) is 31.3 Å². The number of nitrogens with zero attached hydrogens (tertiary/aromatic N) is 7. The molecule has 0 bridgehead atoms. The fourth-order valence-corrected chi connectivity index (χ4v) is 2.92. The largest absolute Gasteiger partial charge is 0.425 e. The van der Waals surface area contributed by atoms with E-state index in [1.165, 1.54) is 29.4 Å². The van der Waals surface area contributed by atoms with Crippen LogP contribution < -0.4 is 27.1 Å². The van der Waals surface area contributed by atoms with E-state index < -0.39 is 17.2 Å². The van der Waals surface area contributed by atoms with Crippen LogP contribution in [0.25, 0.3) is 11.2 Å². The van der Waals surface area contributed by atoms with E-state index in [0.29, 0.717) is 11.3 Å². The highest BCUT2D eigenvalue weighted by atomic mass is 16.6. The highest BCUT2D eigenvalue weighted by Crippen LogP contribution is 2.23. The molecule has 0 spiro atoms. The Labute approximate surface area is 178 Å². The Morgan fingerprint density at radius 1 is 1.19 bits per heavy atom. The molecule has 0 atom stereocenters. The van der Waals surface area contributed by atoms with E-state index in [9.17, 15) is 14.4 Å². The van der Waals surface area contributed by atoms with Gasteiger partial charge < -0.3 is 10.5 Å². The number of hydrogen-bond donors (Lipinski definition) is 2. The number of hydrazone groups is 1. The molecule has 32 heavy (non-hydrogen) atoms. The zero-order valence-electron chi connectivity index (χ0n) is 17.1. The number of nitrogens with two attached hydrogens (primary N) is 1. The summed E-state index contributed by atoms with van der Waals surface area (Å²) in [6.07, 6.45) is 1.38. The van der Waals surface area contributed by atoms with Crippen LogP contribution in [0.1, 0.15) is 16.1 Å². The molecule has 0 unspecified atom stereocenters. The monoisotopic (exact) mass is 439 g/mol. The van der Waals surface area contributed by atoms with Crippen molar-refractivity contribution in [3.63, 3.8) is 0 Å². The Bertz CT molecular complexity index is 1490. The first-order valence-electron chi connectivity index (χ1n) is 9.09. The lowest BCUT2D eigenvalue weighted by atomic mass is 10.2. The van der Waals surface area contributed by atoms with Gasteiger partial charge in [0.2, 0.25) is 11.5 Å². The first-order valence-corrected chi connectivity index (χ1v) is 9.09. The first-order chi connectivity index (χ1) is 15.3. The number of benzene rings is 1. The number of nitrogen functional groups attached to an aromatic ring is 1. The Morgan fingerprint density at radius 3 is 2.69 bits per heavy atom. The van der Waals surface area contributed by atoms with Crippen molar-refractivity contribution in [3.05, 3.63) is 56.4 Å². The van der Waals surface area contributed by atoms with Crippen LogP contribution in [-0.4, -0.2) is 41.1 Å². The van der Waals surface area contributed by atoms with Gasteiger partial charge >= 0.3 is 11.7 Å². The second-order valence-electron chi connectivity index (χ2n) is 6.70. The molecule has 4 aromatic rings. The summed E-state index contributed by atoms with van der Waals surface area (Å²) in [7, 11) is 4.53. The number of imidazole rings is 1. The zero-order chi connectivity index (χ0) is 23.0. The van der Waals surface area contributed by atoms with Crippen LogP contribution in [0, 0.1) is 0 Å². The highest BCUT2D eigenvalue weighted by molar-refractivity contribution is 5.96. The van der Waals surface area contributed by atoms with Crippen molar-refractivity contribution >= 4 is 29.1 Å². The molecule has 0 aliphatic carbocycles. The van der Waals surface area contributed by atoms with Crippen molar-refractivity contribution in [2.45, 2.75) is 0 Å². The van der Waals surface area contributed by atoms with E-state index in [2.05, 4.69) is 30.5 Å². The first kappa shape index (κ1) is 20.5. The van der Waals surface area contributed by atoms with Gasteiger partial charge in [-0.15, -0.1) is 0 Å². The van der Waals surface area contributed by atoms with Gasteiger partial charge in [-0.05, 0) is 28.0 Å². The normalized spacial score (nSPS) is 11.3. The average molecular weight is 439 g/mol. The van der Waals surface area contributed by atoms with Crippen molar-refractivity contribution in [2.75, 3.05) is 5.73 Å². The summed E-state index contributed by atoms with van der Waals surface area (Å²) >= 11 is 0. The number of hydrogen-bond acceptors (Lipinski definition) is 10. The van der Waals surface area contributed by atoms with Gasteiger partial charge in [-0.25, -0.2) is 14.8 Å². The predicted octanol–water partition coefficient (Wildman–Crippen LogP) is -0.508. The van der Waals surface area contributed by atoms with Crippen molar-refractivity contribution < 1.29 is 14.2 Å². The quantitative estimate of drug-likeness (QED) is 0.306. The van der Waals surface area contributed by atoms with E-state index in [-0.39, 0.29) is 28.7 Å². The molecule has 0 aliphatic rings. The number of rotatable bonds is 5. The van der Waals surface area contributed by atoms with Crippen LogP contribution in [-0.2, 0) is 21.1 Å². The number of amides is 1. The van der Waals surface area contributed by atoms with Crippen molar-refractivity contribution in [2.24, 2.45) is 26.2 Å². The minimum absolute atomic E-state index is 0.120. The average Bonchev–Trinajstić information content (AvgIpc) is 3.34. The van der Waals surface area contributed by atoms with Crippen LogP contribution in [0.5, 0.6) is 11.8 Å². The summed E-state index contributed by atoms with van der Waals surface area (Å²) in [6.45, 7) is 0. The summed E-state index contributed by atoms with van der Waals surface area (Å²) in [4.78, 5) is 40.8. The number of aromatic nitrogens is 6. The number of fused-ring (bicyclic) bond motifs is 1. The minimum Gasteiger partial charge on any atom is -0.425 e. The fraction of sp³-hybridized carbons (Fsp3) is 0.167. The van der Waals surface area contributed by atoms with Gasteiger partial charge in [-0.1, -0.05) is 12.1 Å². The third-order valence-corrected chi connectivity index (χ3v) is 4.61. The molecule has 0 saturated heterocycles. The molecular weight excluding hydrogens is 422 g/mol. The molecule has 1 amide bonds. The van der Waals surface area contributed by atoms with Gasteiger partial charge in [0.15, 0.2) is 11.2 Å². The Morgan fingerprint density at radius 2 is 1.97 bits per heavy atom. The summed E-state index contributed by atoms with van der Waals surface area (Å²) in [5.74, 6) is -0.437. The van der Waals surface area contributed by atoms with E-state index in [4.69, 9.17) is 10.5 Å². The van der Waals surface area contributed by atoms with Gasteiger partial charge in [0.05, 0.1) is 6.21 Å². The molecule has 14 heteroatoms. The van der Waals surface area contributed by atoms with Crippen LogP contribution in [0.2, 0.25) is 0 Å². The van der Waals surface area contributed by atoms with Crippen molar-refractivity contribution in [3.8, 4) is 11.8 Å². The molecule has 0 aliphatic heterocycles. The summed E-state index contributed by atoms with van der Waals surface area (Å²) in [5, 5.41) is 10.5. The number of nitrogens with one attached hydrogen (secondary N) is 1. The van der Waals surface area contributed by atoms with Crippen LogP contribution in [0.15, 0.2) is 43.6 Å². The number of aryl methyl sites for hydroxylation is 2. The molecule has 14 nitrogen and oxygen atoms in total. The molecule has 0 radical (unpaired) electrons. The number of ether oxygens (including phenoxy) is 1. The third-order valence-electron chi connectivity index (χ3n) is 4.61. The maximum atomic E-state index is 12.5. The predicted molar refractivity (Wildman–Crippen MR) is 111 cm³/mol. The van der Waals surface area contributed by atoms with Crippen molar-refractivity contribution in [1.82, 2.24) is 34.4 Å². The maximum absolute atomic E-state index is 12.5. The number of carbonyl (C=O) groups is 1. The molecule has 164 valence electrons. The molecule has 0 fully saturated rings. The second kappa shape index (κ2) is 7.82. The minimum atomic E-state index is -0.681. The van der Waals surface area contributed by atoms with Gasteiger partial charge in [-0.3, -0.25) is 23.3 Å². The fourth-order valence-electron chi connectivity index (χ4n) is 2.92. The van der Waals surface area contributed by atoms with Gasteiger partial charge in [0.25, 0.3) is 11.5 Å². The van der Waals surface area contributed by atoms with Gasteiger partial charge in [0, 0.05) is 21.1 Å². The molecule has 3 heterocycles. The number of carbonyl (C=O) groups excluding carboxylic acids is 1. The molecule has 4 rings (SSSR count). The lowest BCUT2D eigenvalue weighted by Gasteiger charge is -2.05. The molecule has 3 N–H and O–H groups in total. The summed E-state index contributed by atoms with van der Waals surface area (Å²) in [5.41, 5.74) is 7.58. The molecule has 1 aromatic carbocycles.